The molecule has 0 saturated heterocycles. The SMILES string of the molecule is COc1ccc(OC)c(CC(=O)NCc2ccc(Br)s2)c1. The number of carbonyl (C=O) groups is 1. The molecule has 6 heteroatoms. The number of amides is 1. The lowest BCUT2D eigenvalue weighted by Crippen LogP contribution is -2.24. The Morgan fingerprint density at radius 1 is 1.24 bits per heavy atom. The van der Waals surface area contributed by atoms with Crippen LogP contribution in [0.1, 0.15) is 10.4 Å². The summed E-state index contributed by atoms with van der Waals surface area (Å²) < 4.78 is 11.5. The van der Waals surface area contributed by atoms with E-state index in [-0.39, 0.29) is 12.3 Å². The smallest absolute Gasteiger partial charge is 0.224 e. The molecule has 1 aromatic heterocycles. The minimum atomic E-state index is -0.0499. The van der Waals surface area contributed by atoms with E-state index >= 15 is 0 Å². The standard InChI is InChI=1S/C15H16BrNO3S/c1-19-11-3-5-13(20-2)10(7-11)8-15(18)17-9-12-4-6-14(16)21-12/h3-7H,8-9H2,1-2H3,(H,17,18). The second-order valence-corrected chi connectivity index (χ2v) is 6.88. The van der Waals surface area contributed by atoms with Crippen LogP contribution in [0.25, 0.3) is 0 Å². The van der Waals surface area contributed by atoms with Gasteiger partial charge in [-0.3, -0.25) is 4.79 Å². The summed E-state index contributed by atoms with van der Waals surface area (Å²) in [5.41, 5.74) is 0.807. The van der Waals surface area contributed by atoms with Crippen LogP contribution >= 0.6 is 27.3 Å². The van der Waals surface area contributed by atoms with E-state index in [1.807, 2.05) is 24.3 Å². The second-order valence-electron chi connectivity index (χ2n) is 4.34. The number of thiophene rings is 1. The molecule has 0 spiro atoms. The molecule has 21 heavy (non-hydrogen) atoms. The normalized spacial score (nSPS) is 10.2. The molecule has 0 unspecified atom stereocenters. The fraction of sp³-hybridized carbons (Fsp3) is 0.267. The molecule has 0 aliphatic rings. The first kappa shape index (κ1) is 15.9. The Balaban J connectivity index is 1.98. The van der Waals surface area contributed by atoms with Gasteiger partial charge in [0.1, 0.15) is 11.5 Å². The molecule has 0 saturated carbocycles. The van der Waals surface area contributed by atoms with E-state index in [0.29, 0.717) is 18.0 Å². The summed E-state index contributed by atoms with van der Waals surface area (Å²) in [5, 5.41) is 2.90. The molecule has 1 N–H and O–H groups in total. The first-order valence-electron chi connectivity index (χ1n) is 6.34. The van der Waals surface area contributed by atoms with E-state index in [1.165, 1.54) is 0 Å². The number of halogens is 1. The van der Waals surface area contributed by atoms with Crippen LogP contribution in [0.2, 0.25) is 0 Å². The molecular weight excluding hydrogens is 354 g/mol. The zero-order valence-corrected chi connectivity index (χ0v) is 14.2. The number of carbonyl (C=O) groups excluding carboxylic acids is 1. The first-order chi connectivity index (χ1) is 10.1. The molecule has 0 aliphatic carbocycles. The first-order valence-corrected chi connectivity index (χ1v) is 7.95. The summed E-state index contributed by atoms with van der Waals surface area (Å²) in [7, 11) is 3.19. The molecule has 0 fully saturated rings. The summed E-state index contributed by atoms with van der Waals surface area (Å²) in [6, 6.07) is 9.39. The van der Waals surface area contributed by atoms with E-state index in [2.05, 4.69) is 21.2 Å². The number of rotatable bonds is 6. The van der Waals surface area contributed by atoms with Crippen LogP contribution in [-0.4, -0.2) is 20.1 Å². The van der Waals surface area contributed by atoms with Crippen molar-refractivity contribution in [2.75, 3.05) is 14.2 Å². The topological polar surface area (TPSA) is 47.6 Å². The van der Waals surface area contributed by atoms with Crippen molar-refractivity contribution in [2.24, 2.45) is 0 Å². The lowest BCUT2D eigenvalue weighted by molar-refractivity contribution is -0.120. The van der Waals surface area contributed by atoms with Gasteiger partial charge in [0.2, 0.25) is 5.91 Å². The highest BCUT2D eigenvalue weighted by Gasteiger charge is 2.10. The Morgan fingerprint density at radius 2 is 2.05 bits per heavy atom. The van der Waals surface area contributed by atoms with E-state index in [1.54, 1.807) is 31.6 Å². The summed E-state index contributed by atoms with van der Waals surface area (Å²) in [4.78, 5) is 13.2. The van der Waals surface area contributed by atoms with Crippen LogP contribution < -0.4 is 14.8 Å². The number of benzene rings is 1. The molecule has 1 heterocycles. The number of hydrogen-bond acceptors (Lipinski definition) is 4. The molecule has 0 atom stereocenters. The monoisotopic (exact) mass is 369 g/mol. The molecule has 1 aromatic carbocycles. The summed E-state index contributed by atoms with van der Waals surface area (Å²) in [5.74, 6) is 1.34. The van der Waals surface area contributed by atoms with E-state index in [4.69, 9.17) is 9.47 Å². The minimum Gasteiger partial charge on any atom is -0.497 e. The maximum absolute atomic E-state index is 12.0. The van der Waals surface area contributed by atoms with Crippen LogP contribution in [0.5, 0.6) is 11.5 Å². The summed E-state index contributed by atoms with van der Waals surface area (Å²) in [6.45, 7) is 0.529. The molecular formula is C15H16BrNO3S. The predicted molar refractivity (Wildman–Crippen MR) is 87.1 cm³/mol. The van der Waals surface area contributed by atoms with Gasteiger partial charge in [0, 0.05) is 10.4 Å². The van der Waals surface area contributed by atoms with Gasteiger partial charge >= 0.3 is 0 Å². The molecule has 1 amide bonds. The van der Waals surface area contributed by atoms with Crippen molar-refractivity contribution in [3.63, 3.8) is 0 Å². The van der Waals surface area contributed by atoms with Gasteiger partial charge in [0.15, 0.2) is 0 Å². The summed E-state index contributed by atoms with van der Waals surface area (Å²) in [6.07, 6.45) is 0.257. The van der Waals surface area contributed by atoms with Crippen molar-refractivity contribution >= 4 is 33.2 Å². The van der Waals surface area contributed by atoms with Crippen LogP contribution in [0, 0.1) is 0 Å². The lowest BCUT2D eigenvalue weighted by atomic mass is 10.1. The Morgan fingerprint density at radius 3 is 2.67 bits per heavy atom. The zero-order valence-electron chi connectivity index (χ0n) is 11.8. The van der Waals surface area contributed by atoms with Gasteiger partial charge in [-0.15, -0.1) is 11.3 Å². The van der Waals surface area contributed by atoms with Crippen molar-refractivity contribution in [2.45, 2.75) is 13.0 Å². The number of hydrogen-bond donors (Lipinski definition) is 1. The molecule has 2 rings (SSSR count). The van der Waals surface area contributed by atoms with Gasteiger partial charge in [0.05, 0.1) is 31.0 Å². The molecule has 4 nitrogen and oxygen atoms in total. The van der Waals surface area contributed by atoms with Crippen LogP contribution in [0.4, 0.5) is 0 Å². The Kier molecular flexibility index (Phi) is 5.64. The van der Waals surface area contributed by atoms with Gasteiger partial charge in [-0.2, -0.15) is 0 Å². The lowest BCUT2D eigenvalue weighted by Gasteiger charge is -2.10. The molecule has 0 bridgehead atoms. The van der Waals surface area contributed by atoms with Gasteiger partial charge < -0.3 is 14.8 Å². The fourth-order valence-corrected chi connectivity index (χ4v) is 3.31. The minimum absolute atomic E-state index is 0.0499. The third kappa shape index (κ3) is 4.47. The average molecular weight is 370 g/mol. The van der Waals surface area contributed by atoms with Gasteiger partial charge in [0.25, 0.3) is 0 Å². The van der Waals surface area contributed by atoms with Crippen molar-refractivity contribution in [3.8, 4) is 11.5 Å². The van der Waals surface area contributed by atoms with Gasteiger partial charge in [-0.1, -0.05) is 0 Å². The van der Waals surface area contributed by atoms with Crippen LogP contribution in [0.3, 0.4) is 0 Å². The predicted octanol–water partition coefficient (Wildman–Crippen LogP) is 3.39. The molecule has 0 aliphatic heterocycles. The number of ether oxygens (including phenoxy) is 2. The Hall–Kier alpha value is -1.53. The fourth-order valence-electron chi connectivity index (χ4n) is 1.89. The highest BCUT2D eigenvalue weighted by Crippen LogP contribution is 2.25. The van der Waals surface area contributed by atoms with Crippen molar-refractivity contribution in [3.05, 3.63) is 44.6 Å². The van der Waals surface area contributed by atoms with Crippen LogP contribution in [-0.2, 0) is 17.8 Å². The Bertz CT molecular complexity index is 627. The van der Waals surface area contributed by atoms with Crippen molar-refractivity contribution in [1.29, 1.82) is 0 Å². The number of nitrogens with one attached hydrogen (secondary N) is 1. The zero-order chi connectivity index (χ0) is 15.2. The largest absolute Gasteiger partial charge is 0.497 e. The maximum Gasteiger partial charge on any atom is 0.224 e. The van der Waals surface area contributed by atoms with E-state index < -0.39 is 0 Å². The average Bonchev–Trinajstić information content (AvgIpc) is 2.90. The number of methoxy groups -OCH3 is 2. The van der Waals surface area contributed by atoms with E-state index in [9.17, 15) is 4.79 Å². The third-order valence-corrected chi connectivity index (χ3v) is 4.55. The van der Waals surface area contributed by atoms with E-state index in [0.717, 1.165) is 14.2 Å². The van der Waals surface area contributed by atoms with Gasteiger partial charge in [-0.25, -0.2) is 0 Å². The van der Waals surface area contributed by atoms with Crippen LogP contribution in [0.15, 0.2) is 34.1 Å². The highest BCUT2D eigenvalue weighted by molar-refractivity contribution is 9.11. The van der Waals surface area contributed by atoms with Crippen molar-refractivity contribution < 1.29 is 14.3 Å². The Labute approximate surface area is 136 Å². The molecule has 0 radical (unpaired) electrons. The molecule has 112 valence electrons. The summed E-state index contributed by atoms with van der Waals surface area (Å²) >= 11 is 5.01. The third-order valence-electron chi connectivity index (χ3n) is 2.93. The highest BCUT2D eigenvalue weighted by atomic mass is 79.9. The van der Waals surface area contributed by atoms with Gasteiger partial charge in [-0.05, 0) is 46.3 Å². The molecule has 2 aromatic rings. The second kappa shape index (κ2) is 7.47. The van der Waals surface area contributed by atoms with Crippen molar-refractivity contribution in [1.82, 2.24) is 5.32 Å². The quantitative estimate of drug-likeness (QED) is 0.848. The maximum atomic E-state index is 12.0.